The number of ether oxygens (including phenoxy) is 9. The molecular weight excluding hydrogens is 1070 g/mol. The Morgan fingerprint density at radius 1 is 0.488 bits per heavy atom. The van der Waals surface area contributed by atoms with E-state index in [2.05, 4.69) is 0 Å². The SMILES string of the molecule is CC(=O)CCC(=O)OC[C@H]1O[C@@H](O[C@H]2[C@H](OCc3ccccc3)[C@@H](N3C(=O)c4ccccc4C3=O)[C@H](Sc3ccc(C)cc3)O[C@@H]2COCc2ccccc2)[C@@H](OCc2ccccc2)[C@@H](OC(=O)CCC(C)=O)[C@@H]1OCc1ccccc1. The number of ketones is 2. The molecule has 6 aromatic rings. The average Bonchev–Trinajstić information content (AvgIpc) is 3.95. The van der Waals surface area contributed by atoms with E-state index in [1.165, 1.54) is 30.5 Å². The summed E-state index contributed by atoms with van der Waals surface area (Å²) in [4.78, 5) is 83.9. The summed E-state index contributed by atoms with van der Waals surface area (Å²) < 4.78 is 61.3. The summed E-state index contributed by atoms with van der Waals surface area (Å²) in [6.45, 7) is 4.22. The molecule has 3 aliphatic rings. The number of hydrogen-bond acceptors (Lipinski definition) is 16. The number of esters is 2. The van der Waals surface area contributed by atoms with Crippen LogP contribution in [0.1, 0.15) is 88.1 Å². The number of fused-ring (bicyclic) bond motifs is 1. The maximum Gasteiger partial charge on any atom is 0.306 e. The number of Topliss-reactive ketones (excluding diaryl/α,β-unsaturated/α-hetero) is 2. The Morgan fingerprint density at radius 3 is 1.48 bits per heavy atom. The molecule has 0 spiro atoms. The minimum absolute atomic E-state index is 0.0171. The summed E-state index contributed by atoms with van der Waals surface area (Å²) in [5.74, 6) is -3.01. The van der Waals surface area contributed by atoms with Crippen LogP contribution in [0.15, 0.2) is 175 Å². The highest BCUT2D eigenvalue weighted by molar-refractivity contribution is 7.99. The van der Waals surface area contributed by atoms with E-state index in [0.717, 1.165) is 32.7 Å². The molecule has 428 valence electrons. The molecule has 2 amide bonds. The molecule has 0 saturated carbocycles. The molecule has 3 aliphatic heterocycles. The second kappa shape index (κ2) is 29.2. The summed E-state index contributed by atoms with van der Waals surface area (Å²) in [5, 5.41) is 0. The molecule has 3 heterocycles. The van der Waals surface area contributed by atoms with Crippen LogP contribution in [-0.2, 0) is 88.2 Å². The van der Waals surface area contributed by atoms with Crippen LogP contribution in [0.3, 0.4) is 0 Å². The zero-order valence-corrected chi connectivity index (χ0v) is 46.8. The van der Waals surface area contributed by atoms with Crippen molar-refractivity contribution in [2.45, 2.75) is 138 Å². The molecule has 0 radical (unpaired) electrons. The highest BCUT2D eigenvalue weighted by Crippen LogP contribution is 2.43. The van der Waals surface area contributed by atoms with E-state index < -0.39 is 90.9 Å². The third-order valence-electron chi connectivity index (χ3n) is 14.2. The van der Waals surface area contributed by atoms with Crippen LogP contribution in [-0.4, -0.2) is 114 Å². The predicted octanol–water partition coefficient (Wildman–Crippen LogP) is 9.75. The van der Waals surface area contributed by atoms with Gasteiger partial charge in [-0.05, 0) is 67.3 Å². The Bertz CT molecular complexity index is 3040. The molecular formula is C65H67NO15S. The van der Waals surface area contributed by atoms with Gasteiger partial charge in [-0.25, -0.2) is 0 Å². The molecule has 16 nitrogen and oxygen atoms in total. The molecule has 0 bridgehead atoms. The topological polar surface area (TPSA) is 189 Å². The highest BCUT2D eigenvalue weighted by Gasteiger charge is 2.58. The van der Waals surface area contributed by atoms with Gasteiger partial charge in [-0.1, -0.05) is 163 Å². The van der Waals surface area contributed by atoms with Gasteiger partial charge < -0.3 is 52.2 Å². The Morgan fingerprint density at radius 2 is 0.951 bits per heavy atom. The van der Waals surface area contributed by atoms with Gasteiger partial charge in [0.25, 0.3) is 11.8 Å². The van der Waals surface area contributed by atoms with E-state index >= 15 is 0 Å². The van der Waals surface area contributed by atoms with E-state index in [1.807, 2.05) is 153 Å². The lowest BCUT2D eigenvalue weighted by Gasteiger charge is -2.51. The molecule has 2 saturated heterocycles. The molecule has 82 heavy (non-hydrogen) atoms. The first kappa shape index (κ1) is 59.4. The molecule has 0 aromatic heterocycles. The fourth-order valence-corrected chi connectivity index (χ4v) is 11.1. The van der Waals surface area contributed by atoms with Crippen molar-refractivity contribution in [1.29, 1.82) is 0 Å². The molecule has 0 aliphatic carbocycles. The van der Waals surface area contributed by atoms with Crippen LogP contribution < -0.4 is 0 Å². The highest BCUT2D eigenvalue weighted by atomic mass is 32.2. The fraction of sp³-hybridized carbons (Fsp3) is 0.354. The fourth-order valence-electron chi connectivity index (χ4n) is 9.95. The number of rotatable bonds is 27. The lowest BCUT2D eigenvalue weighted by molar-refractivity contribution is -0.350. The van der Waals surface area contributed by atoms with Crippen LogP contribution in [0.4, 0.5) is 0 Å². The van der Waals surface area contributed by atoms with Crippen molar-refractivity contribution in [2.24, 2.45) is 0 Å². The lowest BCUT2D eigenvalue weighted by atomic mass is 9.94. The zero-order chi connectivity index (χ0) is 57.4. The van der Waals surface area contributed by atoms with Gasteiger partial charge in [0.05, 0.1) is 57.0 Å². The number of thioether (sulfide) groups is 1. The summed E-state index contributed by atoms with van der Waals surface area (Å²) in [7, 11) is 0. The van der Waals surface area contributed by atoms with Crippen LogP contribution in [0.2, 0.25) is 0 Å². The second-order valence-corrected chi connectivity index (χ2v) is 21.6. The Balaban J connectivity index is 1.18. The number of aryl methyl sites for hydroxylation is 1. The molecule has 0 N–H and O–H groups in total. The van der Waals surface area contributed by atoms with Crippen LogP contribution >= 0.6 is 11.8 Å². The molecule has 6 aromatic carbocycles. The van der Waals surface area contributed by atoms with Crippen molar-refractivity contribution in [1.82, 2.24) is 4.90 Å². The first-order valence-electron chi connectivity index (χ1n) is 27.5. The van der Waals surface area contributed by atoms with Gasteiger partial charge >= 0.3 is 11.9 Å². The van der Waals surface area contributed by atoms with Crippen molar-refractivity contribution in [3.63, 3.8) is 0 Å². The number of carbonyl (C=O) groups is 6. The summed E-state index contributed by atoms with van der Waals surface area (Å²) in [5.41, 5.74) is 3.59. The third-order valence-corrected chi connectivity index (χ3v) is 15.3. The van der Waals surface area contributed by atoms with E-state index in [9.17, 15) is 28.8 Å². The third kappa shape index (κ3) is 15.9. The van der Waals surface area contributed by atoms with E-state index in [1.54, 1.807) is 24.3 Å². The van der Waals surface area contributed by atoms with Gasteiger partial charge in [0, 0.05) is 17.7 Å². The summed E-state index contributed by atoms with van der Waals surface area (Å²) >= 11 is 1.31. The van der Waals surface area contributed by atoms with Crippen molar-refractivity contribution in [3.05, 3.63) is 209 Å². The van der Waals surface area contributed by atoms with Crippen molar-refractivity contribution >= 4 is 47.1 Å². The molecule has 0 unspecified atom stereocenters. The smallest absolute Gasteiger partial charge is 0.306 e. The van der Waals surface area contributed by atoms with Crippen molar-refractivity contribution < 1.29 is 71.4 Å². The zero-order valence-electron chi connectivity index (χ0n) is 46.0. The van der Waals surface area contributed by atoms with Gasteiger partial charge in [-0.2, -0.15) is 0 Å². The molecule has 2 fully saturated rings. The van der Waals surface area contributed by atoms with Crippen LogP contribution in [0.5, 0.6) is 0 Å². The molecule has 10 atom stereocenters. The molecule has 17 heteroatoms. The lowest BCUT2D eigenvalue weighted by Crippen LogP contribution is -2.68. The summed E-state index contributed by atoms with van der Waals surface area (Å²) in [6, 6.07) is 50.8. The standard InChI is InChI=1S/C65H67NO15S/c1-42-28-32-49(33-29-42)82-65-56(66-62(71)50-26-16-17-27-51(50)63(66)72)59(76-38-47-22-12-6-13-23-47)58(52(79-65)40-73-36-45-18-8-4-9-19-45)81-64-61(77-39-48-24-14-7-15-25-48)60(80-55(70)35-31-44(3)68)57(75-37-46-20-10-5-11-21-46)53(78-64)41-74-54(69)34-30-43(2)67/h4-29,32-33,52-53,56-61,64-65H,30-31,34-41H2,1-3H3/t52-,53-,56-,57-,58-,59-,60+,61+,64+,65+/m1/s1. The maximum absolute atomic E-state index is 15.0. The first-order valence-corrected chi connectivity index (χ1v) is 28.4. The number of nitrogens with zero attached hydrogens (tertiary/aromatic N) is 1. The van der Waals surface area contributed by atoms with E-state index in [0.29, 0.717) is 0 Å². The van der Waals surface area contributed by atoms with E-state index in [-0.39, 0.29) is 81.4 Å². The number of amides is 2. The largest absolute Gasteiger partial charge is 0.463 e. The summed E-state index contributed by atoms with van der Waals surface area (Å²) in [6.07, 6.45) is -11.0. The van der Waals surface area contributed by atoms with Crippen molar-refractivity contribution in [3.8, 4) is 0 Å². The average molecular weight is 1130 g/mol. The molecule has 9 rings (SSSR count). The van der Waals surface area contributed by atoms with Crippen LogP contribution in [0, 0.1) is 6.92 Å². The number of imide groups is 1. The number of hydrogen-bond donors (Lipinski definition) is 0. The van der Waals surface area contributed by atoms with Gasteiger partial charge in [0.15, 0.2) is 12.4 Å². The van der Waals surface area contributed by atoms with E-state index in [4.69, 9.17) is 42.6 Å². The quantitative estimate of drug-likeness (QED) is 0.0350. The number of carbonyl (C=O) groups excluding carboxylic acids is 6. The number of benzene rings is 6. The van der Waals surface area contributed by atoms with Gasteiger partial charge in [-0.15, -0.1) is 0 Å². The van der Waals surface area contributed by atoms with Gasteiger partial charge in [-0.3, -0.25) is 24.1 Å². The maximum atomic E-state index is 15.0. The monoisotopic (exact) mass is 1130 g/mol. The minimum atomic E-state index is -1.57. The van der Waals surface area contributed by atoms with Gasteiger partial charge in [0.2, 0.25) is 0 Å². The van der Waals surface area contributed by atoms with Gasteiger partial charge in [0.1, 0.15) is 66.3 Å². The first-order chi connectivity index (χ1) is 39.9. The Hall–Kier alpha value is -7.19. The Kier molecular flexibility index (Phi) is 21.1. The van der Waals surface area contributed by atoms with Crippen LogP contribution in [0.25, 0.3) is 0 Å². The second-order valence-electron chi connectivity index (χ2n) is 20.5. The minimum Gasteiger partial charge on any atom is -0.463 e. The Labute approximate surface area is 481 Å². The normalized spacial score (nSPS) is 23.2. The predicted molar refractivity (Wildman–Crippen MR) is 302 cm³/mol. The van der Waals surface area contributed by atoms with Crippen molar-refractivity contribution in [2.75, 3.05) is 13.2 Å².